The van der Waals surface area contributed by atoms with Crippen LogP contribution in [-0.2, 0) is 13.7 Å². The summed E-state index contributed by atoms with van der Waals surface area (Å²) in [4.78, 5) is 76.9. The average Bonchev–Trinajstić information content (AvgIpc) is 1.41. The Morgan fingerprint density at radius 2 is 0.500 bits per heavy atom. The summed E-state index contributed by atoms with van der Waals surface area (Å²) < 4.78 is 25.6. The summed E-state index contributed by atoms with van der Waals surface area (Å²) in [5.41, 5.74) is 0. The smallest absolute Gasteiger partial charge is 0.822 e. The van der Waals surface area contributed by atoms with Crippen molar-refractivity contribution in [1.82, 2.24) is 0 Å². The Morgan fingerprint density at radius 3 is 0.500 bits per heavy atom. The molecule has 0 rings (SSSR count). The van der Waals surface area contributed by atoms with Crippen LogP contribution in [0.25, 0.3) is 0 Å². The number of phosphoric acid groups is 3. The maximum atomic E-state index is 8.55. The molecule has 0 spiro atoms. The van der Waals surface area contributed by atoms with Crippen LogP contribution in [0.4, 0.5) is 0 Å². The fraction of sp³-hybridized carbons (Fsp3) is 0. The van der Waals surface area contributed by atoms with Gasteiger partial charge in [0.15, 0.2) is 0 Å². The number of hydrogen-bond donors (Lipinski definition) is 0. The first-order chi connectivity index (χ1) is 6.00. The van der Waals surface area contributed by atoms with Crippen molar-refractivity contribution in [2.24, 2.45) is 0 Å². The fourth-order valence-electron chi connectivity index (χ4n) is 0. The molecule has 94 valence electrons. The molecule has 0 saturated carbocycles. The van der Waals surface area contributed by atoms with Crippen molar-refractivity contribution in [3.05, 3.63) is 0 Å². The van der Waals surface area contributed by atoms with E-state index in [-0.39, 0.29) is 35.4 Å². The van der Waals surface area contributed by atoms with Gasteiger partial charge in [0.05, 0.1) is 0 Å². The van der Waals surface area contributed by atoms with Gasteiger partial charge in [-0.1, -0.05) is 0 Å². The van der Waals surface area contributed by atoms with Gasteiger partial charge in [0.1, 0.15) is 0 Å². The van der Waals surface area contributed by atoms with Gasteiger partial charge in [0.25, 0.3) is 0 Å². The largest absolute Gasteiger partial charge is 6.00 e. The Bertz CT molecular complexity index is 214. The molecule has 0 aromatic carbocycles. The molecule has 0 radical (unpaired) electrons. The van der Waals surface area contributed by atoms with Gasteiger partial charge in [0, 0.05) is 0 Å². The van der Waals surface area contributed by atoms with E-state index in [1.807, 2.05) is 0 Å². The molecular formula is H3O12P3U. The van der Waals surface area contributed by atoms with Gasteiger partial charge in [-0.3, -0.25) is 0 Å². The zero-order valence-electron chi connectivity index (χ0n) is 9.74. The minimum absolute atomic E-state index is 0. The molecule has 0 N–H and O–H groups in total. The van der Waals surface area contributed by atoms with Gasteiger partial charge in [-0.15, -0.1) is 0 Å². The van der Waals surface area contributed by atoms with Crippen LogP contribution < -0.4 is 44.0 Å². The van der Waals surface area contributed by atoms with Gasteiger partial charge >= 0.3 is 35.4 Å². The topological polar surface area (TPSA) is 259 Å². The Hall–Kier alpha value is 1.38. The van der Waals surface area contributed by atoms with E-state index in [9.17, 15) is 0 Å². The van der Waals surface area contributed by atoms with Crippen molar-refractivity contribution in [3.8, 4) is 0 Å². The molecule has 0 fully saturated rings. The van der Waals surface area contributed by atoms with Crippen molar-refractivity contribution in [1.29, 1.82) is 0 Å². The zero-order valence-corrected chi connectivity index (χ0v) is 13.6. The van der Waals surface area contributed by atoms with E-state index in [0.29, 0.717) is 0 Å². The SMILES string of the molecule is O=P([O-])([O-])[O-].O=P([O-])([O-])[O-].O=P([O-])([O-])[O-].[H+].[H+].[H+].[U+6]. The van der Waals surface area contributed by atoms with Gasteiger partial charge in [-0.05, 0) is 0 Å². The minimum atomic E-state index is -5.39. The second kappa shape index (κ2) is 10.3. The molecule has 0 atom stereocenters. The molecule has 0 aromatic rings. The third-order valence-electron chi connectivity index (χ3n) is 0. The molecule has 0 aliphatic heterocycles. The fourth-order valence-corrected chi connectivity index (χ4v) is 0. The molecule has 16 heteroatoms. The summed E-state index contributed by atoms with van der Waals surface area (Å²) >= 11 is 0. The van der Waals surface area contributed by atoms with E-state index in [1.54, 1.807) is 0 Å². The van der Waals surface area contributed by atoms with Crippen LogP contribution in [0.15, 0.2) is 0 Å². The normalized spacial score (nSPS) is 11.1. The van der Waals surface area contributed by atoms with E-state index in [2.05, 4.69) is 0 Å². The molecule has 12 nitrogen and oxygen atoms in total. The van der Waals surface area contributed by atoms with Gasteiger partial charge in [-0.2, -0.15) is 23.5 Å². The van der Waals surface area contributed by atoms with E-state index >= 15 is 0 Å². The second-order valence-electron chi connectivity index (χ2n) is 1.34. The van der Waals surface area contributed by atoms with Crippen molar-refractivity contribution in [3.63, 3.8) is 0 Å². The summed E-state index contributed by atoms with van der Waals surface area (Å²) in [5, 5.41) is 0. The third kappa shape index (κ3) is 1670. The number of hydrogen-bond acceptors (Lipinski definition) is 12. The molecule has 0 aliphatic rings. The van der Waals surface area contributed by atoms with E-state index in [0.717, 1.165) is 0 Å². The molecule has 0 unspecified atom stereocenters. The van der Waals surface area contributed by atoms with E-state index < -0.39 is 23.5 Å². The van der Waals surface area contributed by atoms with Crippen LogP contribution in [0, 0.1) is 31.1 Å². The summed E-state index contributed by atoms with van der Waals surface area (Å²) in [6, 6.07) is 0. The number of rotatable bonds is 0. The zero-order chi connectivity index (χ0) is 13.5. The van der Waals surface area contributed by atoms with Gasteiger partial charge in [0.2, 0.25) is 0 Å². The Balaban J connectivity index is -0.0000000206. The first kappa shape index (κ1) is 26.0. The predicted molar refractivity (Wildman–Crippen MR) is 26.2 cm³/mol. The molecule has 0 bridgehead atoms. The van der Waals surface area contributed by atoms with E-state index in [4.69, 9.17) is 57.7 Å². The molecule has 0 saturated heterocycles. The van der Waals surface area contributed by atoms with Crippen LogP contribution in [0.2, 0.25) is 0 Å². The monoisotopic (exact) mass is 526 g/mol. The first-order valence-corrected chi connectivity index (χ1v) is 6.57. The third-order valence-corrected chi connectivity index (χ3v) is 0. The second-order valence-corrected chi connectivity index (χ2v) is 4.02. The van der Waals surface area contributed by atoms with Gasteiger partial charge < -0.3 is 57.7 Å². The Kier molecular flexibility index (Phi) is 16.8. The van der Waals surface area contributed by atoms with Crippen molar-refractivity contribution >= 4 is 23.5 Å². The molecule has 0 amide bonds. The molecule has 16 heavy (non-hydrogen) atoms. The van der Waals surface area contributed by atoms with E-state index in [1.165, 1.54) is 0 Å². The van der Waals surface area contributed by atoms with Crippen LogP contribution in [0.3, 0.4) is 0 Å². The summed E-state index contributed by atoms with van der Waals surface area (Å²) in [7, 11) is -16.2. The predicted octanol–water partition coefficient (Wildman–Crippen LogP) is -8.14. The van der Waals surface area contributed by atoms with Crippen LogP contribution in [0.1, 0.15) is 4.28 Å². The Morgan fingerprint density at radius 1 is 0.500 bits per heavy atom. The van der Waals surface area contributed by atoms with Crippen molar-refractivity contribution < 1.29 is 93.1 Å². The summed E-state index contributed by atoms with van der Waals surface area (Å²) in [6.45, 7) is 0. The molecule has 0 aromatic heterocycles. The summed E-state index contributed by atoms with van der Waals surface area (Å²) in [6.07, 6.45) is 0. The summed E-state index contributed by atoms with van der Waals surface area (Å²) in [5.74, 6) is 0. The van der Waals surface area contributed by atoms with Crippen LogP contribution in [0.5, 0.6) is 0 Å². The minimum Gasteiger partial charge on any atom is -0.822 e. The van der Waals surface area contributed by atoms with Crippen molar-refractivity contribution in [2.45, 2.75) is 0 Å². The maximum absolute atomic E-state index is 8.55. The maximum Gasteiger partial charge on any atom is 6.00 e. The van der Waals surface area contributed by atoms with Crippen LogP contribution in [-0.4, -0.2) is 0 Å². The van der Waals surface area contributed by atoms with Crippen LogP contribution >= 0.6 is 23.5 Å². The first-order valence-electron chi connectivity index (χ1n) is 2.19. The molecule has 0 heterocycles. The molecular weight excluding hydrogens is 523 g/mol. The quantitative estimate of drug-likeness (QED) is 0.267. The van der Waals surface area contributed by atoms with Crippen molar-refractivity contribution in [2.75, 3.05) is 0 Å². The molecule has 0 aliphatic carbocycles. The standard InChI is InChI=1S/3H3O4P.U/c3*1-5(2,3)4;/h3*(H3,1,2,3,4);/q;;;+6/p-6. The average molecular weight is 526 g/mol. The van der Waals surface area contributed by atoms with Gasteiger partial charge in [-0.25, -0.2) is 0 Å². The Labute approximate surface area is 117 Å².